The summed E-state index contributed by atoms with van der Waals surface area (Å²) in [6.07, 6.45) is 0. The van der Waals surface area contributed by atoms with Gasteiger partial charge in [-0.3, -0.25) is 13.8 Å². The predicted octanol–water partition coefficient (Wildman–Crippen LogP) is 0.458. The normalized spacial score (nSPS) is 11.7. The molecule has 0 fully saturated rings. The molecule has 0 saturated carbocycles. The van der Waals surface area contributed by atoms with Crippen molar-refractivity contribution in [2.75, 3.05) is 0 Å². The van der Waals surface area contributed by atoms with E-state index in [1.165, 1.54) is 27.7 Å². The molecule has 4 rings (SSSR count). The van der Waals surface area contributed by atoms with Gasteiger partial charge in [0.2, 0.25) is 10.9 Å². The summed E-state index contributed by atoms with van der Waals surface area (Å²) >= 11 is 2.89. The molecule has 0 atom stereocenters. The SMILES string of the molecule is Cn1nnnc1SCc1nnc2n(C)c(=O)c3sccc3n12. The van der Waals surface area contributed by atoms with Gasteiger partial charge in [0.25, 0.3) is 5.56 Å². The quantitative estimate of drug-likeness (QED) is 0.502. The zero-order valence-corrected chi connectivity index (χ0v) is 13.3. The van der Waals surface area contributed by atoms with Gasteiger partial charge in [0.1, 0.15) is 10.5 Å². The minimum absolute atomic E-state index is 0.0541. The fourth-order valence-electron chi connectivity index (χ4n) is 2.22. The van der Waals surface area contributed by atoms with Gasteiger partial charge in [-0.25, -0.2) is 4.68 Å². The number of rotatable bonds is 3. The first kappa shape index (κ1) is 13.4. The lowest BCUT2D eigenvalue weighted by molar-refractivity contribution is 0.664. The summed E-state index contributed by atoms with van der Waals surface area (Å²) in [4.78, 5) is 12.3. The summed E-state index contributed by atoms with van der Waals surface area (Å²) in [5.41, 5.74) is 0.779. The number of hydrogen-bond donors (Lipinski definition) is 0. The Hall–Kier alpha value is -2.27. The highest BCUT2D eigenvalue weighted by molar-refractivity contribution is 7.98. The van der Waals surface area contributed by atoms with Crippen molar-refractivity contribution < 1.29 is 0 Å². The van der Waals surface area contributed by atoms with Gasteiger partial charge in [0, 0.05) is 14.1 Å². The van der Waals surface area contributed by atoms with Crippen LogP contribution < -0.4 is 5.56 Å². The molecule has 0 aliphatic rings. The molecule has 0 aromatic carbocycles. The fraction of sp³-hybridized carbons (Fsp3) is 0.273. The molecular formula is C11H10N8OS2. The number of tetrazole rings is 1. The summed E-state index contributed by atoms with van der Waals surface area (Å²) in [5.74, 6) is 1.84. The molecule has 4 aromatic heterocycles. The van der Waals surface area contributed by atoms with Gasteiger partial charge in [0.05, 0.1) is 11.3 Å². The molecular weight excluding hydrogens is 324 g/mol. The summed E-state index contributed by atoms with van der Waals surface area (Å²) in [5, 5.41) is 22.3. The second kappa shape index (κ2) is 4.88. The Kier molecular flexibility index (Phi) is 2.97. The van der Waals surface area contributed by atoms with Crippen molar-refractivity contribution in [1.29, 1.82) is 0 Å². The third-order valence-electron chi connectivity index (χ3n) is 3.31. The van der Waals surface area contributed by atoms with Gasteiger partial charge in [-0.05, 0) is 21.9 Å². The number of thioether (sulfide) groups is 1. The van der Waals surface area contributed by atoms with Gasteiger partial charge in [-0.1, -0.05) is 11.8 Å². The third-order valence-corrected chi connectivity index (χ3v) is 5.21. The molecule has 4 heterocycles. The van der Waals surface area contributed by atoms with E-state index < -0.39 is 0 Å². The molecule has 0 bridgehead atoms. The van der Waals surface area contributed by atoms with E-state index in [9.17, 15) is 4.79 Å². The summed E-state index contributed by atoms with van der Waals surface area (Å²) in [6, 6.07) is 1.91. The Labute approximate surface area is 131 Å². The highest BCUT2D eigenvalue weighted by Crippen LogP contribution is 2.23. The fourth-order valence-corrected chi connectivity index (χ4v) is 3.83. The topological polar surface area (TPSA) is 95.8 Å². The van der Waals surface area contributed by atoms with Crippen LogP contribution in [0.1, 0.15) is 5.82 Å². The molecule has 112 valence electrons. The van der Waals surface area contributed by atoms with E-state index in [4.69, 9.17) is 0 Å². The standard InChI is InChI=1S/C11H10N8OS2/c1-17-9(20)8-6(3-4-21-8)19-7(12-13-10(17)19)5-22-11-14-15-16-18(11)2/h3-4H,5H2,1-2H3. The van der Waals surface area contributed by atoms with E-state index >= 15 is 0 Å². The van der Waals surface area contributed by atoms with E-state index in [-0.39, 0.29) is 5.56 Å². The molecule has 0 unspecified atom stereocenters. The number of aromatic nitrogens is 8. The van der Waals surface area contributed by atoms with E-state index in [1.54, 1.807) is 18.8 Å². The van der Waals surface area contributed by atoms with Crippen LogP contribution in [0, 0.1) is 0 Å². The van der Waals surface area contributed by atoms with Crippen molar-refractivity contribution in [3.63, 3.8) is 0 Å². The van der Waals surface area contributed by atoms with Gasteiger partial charge in [-0.2, -0.15) is 0 Å². The largest absolute Gasteiger partial charge is 0.279 e. The predicted molar refractivity (Wildman–Crippen MR) is 82.0 cm³/mol. The van der Waals surface area contributed by atoms with E-state index in [1.807, 2.05) is 15.8 Å². The number of fused-ring (bicyclic) bond motifs is 3. The minimum atomic E-state index is -0.0541. The smallest absolute Gasteiger partial charge is 0.272 e. The molecule has 0 N–H and O–H groups in total. The van der Waals surface area contributed by atoms with Crippen LogP contribution in [0.4, 0.5) is 0 Å². The van der Waals surface area contributed by atoms with Gasteiger partial charge in [-0.15, -0.1) is 26.6 Å². The first-order valence-corrected chi connectivity index (χ1v) is 8.18. The van der Waals surface area contributed by atoms with Crippen LogP contribution in [-0.4, -0.2) is 39.4 Å². The summed E-state index contributed by atoms with van der Waals surface area (Å²) in [7, 11) is 3.49. The molecule has 0 spiro atoms. The second-order valence-electron chi connectivity index (χ2n) is 4.62. The highest BCUT2D eigenvalue weighted by atomic mass is 32.2. The highest BCUT2D eigenvalue weighted by Gasteiger charge is 2.16. The summed E-state index contributed by atoms with van der Waals surface area (Å²) in [6.45, 7) is 0. The van der Waals surface area contributed by atoms with Crippen molar-refractivity contribution in [3.05, 3.63) is 27.6 Å². The first-order valence-electron chi connectivity index (χ1n) is 6.32. The zero-order chi connectivity index (χ0) is 15.3. The average molecular weight is 334 g/mol. The maximum Gasteiger partial charge on any atom is 0.272 e. The number of hydrogen-bond acceptors (Lipinski definition) is 8. The molecule has 0 radical (unpaired) electrons. The van der Waals surface area contributed by atoms with Gasteiger partial charge < -0.3 is 0 Å². The molecule has 0 aliphatic heterocycles. The average Bonchev–Trinajstić information content (AvgIpc) is 3.21. The molecule has 0 aliphatic carbocycles. The molecule has 0 saturated heterocycles. The van der Waals surface area contributed by atoms with Crippen molar-refractivity contribution >= 4 is 39.1 Å². The van der Waals surface area contributed by atoms with Crippen molar-refractivity contribution in [1.82, 2.24) is 39.4 Å². The number of nitrogens with zero attached hydrogens (tertiary/aromatic N) is 8. The van der Waals surface area contributed by atoms with Crippen molar-refractivity contribution in [2.45, 2.75) is 10.9 Å². The van der Waals surface area contributed by atoms with Crippen LogP contribution in [0.15, 0.2) is 21.4 Å². The lowest BCUT2D eigenvalue weighted by Gasteiger charge is -2.04. The number of thiophene rings is 1. The van der Waals surface area contributed by atoms with Crippen molar-refractivity contribution in [2.24, 2.45) is 14.1 Å². The maximum absolute atomic E-state index is 12.3. The monoisotopic (exact) mass is 334 g/mol. The van der Waals surface area contributed by atoms with Crippen molar-refractivity contribution in [3.8, 4) is 0 Å². The van der Waals surface area contributed by atoms with Crippen LogP contribution >= 0.6 is 23.1 Å². The second-order valence-corrected chi connectivity index (χ2v) is 6.48. The van der Waals surface area contributed by atoms with Gasteiger partial charge in [0.15, 0.2) is 0 Å². The van der Waals surface area contributed by atoms with E-state index in [0.717, 1.165) is 11.3 Å². The van der Waals surface area contributed by atoms with Crippen LogP contribution in [-0.2, 0) is 19.8 Å². The maximum atomic E-state index is 12.3. The third kappa shape index (κ3) is 1.85. The number of aryl methyl sites for hydroxylation is 2. The lowest BCUT2D eigenvalue weighted by Crippen LogP contribution is -2.19. The Morgan fingerprint density at radius 3 is 2.91 bits per heavy atom. The van der Waals surface area contributed by atoms with Gasteiger partial charge >= 0.3 is 0 Å². The Morgan fingerprint density at radius 2 is 2.14 bits per heavy atom. The molecule has 9 nitrogen and oxygen atoms in total. The molecule has 0 amide bonds. The Balaban J connectivity index is 1.85. The minimum Gasteiger partial charge on any atom is -0.279 e. The van der Waals surface area contributed by atoms with Crippen LogP contribution in [0.2, 0.25) is 0 Å². The zero-order valence-electron chi connectivity index (χ0n) is 11.7. The first-order chi connectivity index (χ1) is 10.7. The Morgan fingerprint density at radius 1 is 1.27 bits per heavy atom. The van der Waals surface area contributed by atoms with E-state index in [0.29, 0.717) is 21.4 Å². The summed E-state index contributed by atoms with van der Waals surface area (Å²) < 4.78 is 5.72. The van der Waals surface area contributed by atoms with Crippen LogP contribution in [0.3, 0.4) is 0 Å². The lowest BCUT2D eigenvalue weighted by atomic mass is 10.4. The molecule has 11 heteroatoms. The van der Waals surface area contributed by atoms with Crippen LogP contribution in [0.25, 0.3) is 16.0 Å². The van der Waals surface area contributed by atoms with E-state index in [2.05, 4.69) is 25.7 Å². The molecule has 22 heavy (non-hydrogen) atoms. The molecule has 4 aromatic rings. The van der Waals surface area contributed by atoms with Crippen LogP contribution in [0.5, 0.6) is 0 Å². The Bertz CT molecular complexity index is 1040.